The van der Waals surface area contributed by atoms with E-state index in [1.165, 1.54) is 10.9 Å². The maximum absolute atomic E-state index is 5.86. The van der Waals surface area contributed by atoms with Crippen LogP contribution in [0, 0.1) is 0 Å². The summed E-state index contributed by atoms with van der Waals surface area (Å²) in [6.45, 7) is 7.47. The van der Waals surface area contributed by atoms with Crippen molar-refractivity contribution in [2.24, 2.45) is 5.73 Å². The zero-order valence-corrected chi connectivity index (χ0v) is 12.1. The molecule has 2 heterocycles. The molecule has 3 rings (SSSR count). The molecule has 0 amide bonds. The second-order valence-electron chi connectivity index (χ2n) is 5.66. The first kappa shape index (κ1) is 13.6. The van der Waals surface area contributed by atoms with Crippen molar-refractivity contribution < 1.29 is 9.15 Å². The standard InChI is InChI=1S/C16H22N2O2/c1-11-8-18(9-12(2)19-11)10-14-13-5-3-4-6-15(13)20-16(14)7-17/h3-6,11-12H,7-10,17H2,1-2H3. The van der Waals surface area contributed by atoms with E-state index in [0.717, 1.165) is 31.0 Å². The second-order valence-corrected chi connectivity index (χ2v) is 5.66. The Kier molecular flexibility index (Phi) is 3.78. The summed E-state index contributed by atoms with van der Waals surface area (Å²) in [6, 6.07) is 8.16. The van der Waals surface area contributed by atoms with Crippen molar-refractivity contribution in [2.45, 2.75) is 39.1 Å². The van der Waals surface area contributed by atoms with E-state index in [9.17, 15) is 0 Å². The molecule has 0 saturated carbocycles. The van der Waals surface area contributed by atoms with Crippen molar-refractivity contribution in [2.75, 3.05) is 13.1 Å². The van der Waals surface area contributed by atoms with E-state index in [1.54, 1.807) is 0 Å². The van der Waals surface area contributed by atoms with Crippen LogP contribution in [0.4, 0.5) is 0 Å². The van der Waals surface area contributed by atoms with E-state index < -0.39 is 0 Å². The summed E-state index contributed by atoms with van der Waals surface area (Å²) >= 11 is 0. The molecule has 1 aromatic carbocycles. The van der Waals surface area contributed by atoms with E-state index in [-0.39, 0.29) is 12.2 Å². The van der Waals surface area contributed by atoms with Gasteiger partial charge in [-0.1, -0.05) is 18.2 Å². The van der Waals surface area contributed by atoms with E-state index in [4.69, 9.17) is 14.9 Å². The number of morpholine rings is 1. The van der Waals surface area contributed by atoms with Gasteiger partial charge in [0.05, 0.1) is 18.8 Å². The summed E-state index contributed by atoms with van der Waals surface area (Å²) < 4.78 is 11.7. The molecule has 2 N–H and O–H groups in total. The minimum atomic E-state index is 0.276. The Hall–Kier alpha value is -1.36. The minimum Gasteiger partial charge on any atom is -0.459 e. The minimum absolute atomic E-state index is 0.276. The van der Waals surface area contributed by atoms with Gasteiger partial charge in [-0.3, -0.25) is 4.90 Å². The average molecular weight is 274 g/mol. The molecule has 108 valence electrons. The number of nitrogens with two attached hydrogens (primary N) is 1. The lowest BCUT2D eigenvalue weighted by atomic mass is 10.1. The first-order chi connectivity index (χ1) is 9.67. The van der Waals surface area contributed by atoms with Crippen LogP contribution in [0.5, 0.6) is 0 Å². The van der Waals surface area contributed by atoms with Crippen molar-refractivity contribution in [1.82, 2.24) is 4.90 Å². The molecule has 1 saturated heterocycles. The number of hydrogen-bond donors (Lipinski definition) is 1. The van der Waals surface area contributed by atoms with Crippen LogP contribution in [0.15, 0.2) is 28.7 Å². The summed E-state index contributed by atoms with van der Waals surface area (Å²) in [4.78, 5) is 2.43. The van der Waals surface area contributed by atoms with Crippen LogP contribution in [-0.4, -0.2) is 30.2 Å². The Morgan fingerprint density at radius 1 is 1.20 bits per heavy atom. The number of furan rings is 1. The molecule has 1 aliphatic heterocycles. The van der Waals surface area contributed by atoms with Crippen LogP contribution in [0.25, 0.3) is 11.0 Å². The zero-order valence-electron chi connectivity index (χ0n) is 12.1. The molecule has 4 heteroatoms. The Labute approximate surface area is 119 Å². The highest BCUT2D eigenvalue weighted by Gasteiger charge is 2.24. The first-order valence-corrected chi connectivity index (χ1v) is 7.24. The molecular formula is C16H22N2O2. The monoisotopic (exact) mass is 274 g/mol. The van der Waals surface area contributed by atoms with E-state index in [1.807, 2.05) is 18.2 Å². The Morgan fingerprint density at radius 2 is 1.90 bits per heavy atom. The molecule has 1 aromatic heterocycles. The van der Waals surface area contributed by atoms with Gasteiger partial charge in [0.2, 0.25) is 0 Å². The van der Waals surface area contributed by atoms with Gasteiger partial charge in [-0.2, -0.15) is 0 Å². The van der Waals surface area contributed by atoms with Crippen LogP contribution in [0.3, 0.4) is 0 Å². The van der Waals surface area contributed by atoms with Crippen molar-refractivity contribution in [3.8, 4) is 0 Å². The number of ether oxygens (including phenoxy) is 1. The summed E-state index contributed by atoms with van der Waals surface area (Å²) in [6.07, 6.45) is 0.552. The predicted octanol–water partition coefficient (Wildman–Crippen LogP) is 2.50. The smallest absolute Gasteiger partial charge is 0.134 e. The van der Waals surface area contributed by atoms with Crippen molar-refractivity contribution >= 4 is 11.0 Å². The van der Waals surface area contributed by atoms with Crippen LogP contribution >= 0.6 is 0 Å². The molecule has 1 aliphatic rings. The molecule has 2 aromatic rings. The maximum atomic E-state index is 5.86. The Bertz CT molecular complexity index is 583. The number of rotatable bonds is 3. The van der Waals surface area contributed by atoms with Crippen LogP contribution in [0.2, 0.25) is 0 Å². The highest BCUT2D eigenvalue weighted by molar-refractivity contribution is 5.82. The zero-order chi connectivity index (χ0) is 14.1. The fourth-order valence-electron chi connectivity index (χ4n) is 3.12. The third kappa shape index (κ3) is 2.59. The Balaban J connectivity index is 1.89. The van der Waals surface area contributed by atoms with E-state index in [0.29, 0.717) is 6.54 Å². The third-order valence-electron chi connectivity index (χ3n) is 3.84. The Morgan fingerprint density at radius 3 is 2.60 bits per heavy atom. The molecule has 20 heavy (non-hydrogen) atoms. The molecule has 1 fully saturated rings. The number of hydrogen-bond acceptors (Lipinski definition) is 4. The quantitative estimate of drug-likeness (QED) is 0.934. The third-order valence-corrected chi connectivity index (χ3v) is 3.84. The molecule has 0 spiro atoms. The normalized spacial score (nSPS) is 24.4. The highest BCUT2D eigenvalue weighted by Crippen LogP contribution is 2.27. The van der Waals surface area contributed by atoms with Gasteiger partial charge in [0.25, 0.3) is 0 Å². The molecule has 2 atom stereocenters. The van der Waals surface area contributed by atoms with Gasteiger partial charge in [0, 0.05) is 30.6 Å². The molecular weight excluding hydrogens is 252 g/mol. The lowest BCUT2D eigenvalue weighted by Crippen LogP contribution is -2.44. The predicted molar refractivity (Wildman–Crippen MR) is 79.4 cm³/mol. The van der Waals surface area contributed by atoms with Crippen molar-refractivity contribution in [3.63, 3.8) is 0 Å². The SMILES string of the molecule is CC1CN(Cc2c(CN)oc3ccccc23)CC(C)O1. The molecule has 2 unspecified atom stereocenters. The largest absolute Gasteiger partial charge is 0.459 e. The average Bonchev–Trinajstić information content (AvgIpc) is 2.76. The number of nitrogens with zero attached hydrogens (tertiary/aromatic N) is 1. The summed E-state index contributed by atoms with van der Waals surface area (Å²) in [5.74, 6) is 0.901. The molecule has 0 aliphatic carbocycles. The van der Waals surface area contributed by atoms with Crippen molar-refractivity contribution in [1.29, 1.82) is 0 Å². The van der Waals surface area contributed by atoms with E-state index in [2.05, 4.69) is 24.8 Å². The van der Waals surface area contributed by atoms with Crippen LogP contribution in [-0.2, 0) is 17.8 Å². The van der Waals surface area contributed by atoms with Crippen LogP contribution < -0.4 is 5.73 Å². The van der Waals surface area contributed by atoms with Gasteiger partial charge in [-0.15, -0.1) is 0 Å². The lowest BCUT2D eigenvalue weighted by Gasteiger charge is -2.35. The number of para-hydroxylation sites is 1. The lowest BCUT2D eigenvalue weighted by molar-refractivity contribution is -0.0705. The summed E-state index contributed by atoms with van der Waals surface area (Å²) in [5, 5.41) is 1.18. The second kappa shape index (κ2) is 5.56. The van der Waals surface area contributed by atoms with Gasteiger partial charge in [0.15, 0.2) is 0 Å². The molecule has 0 bridgehead atoms. The maximum Gasteiger partial charge on any atom is 0.134 e. The number of fused-ring (bicyclic) bond motifs is 1. The molecule has 4 nitrogen and oxygen atoms in total. The topological polar surface area (TPSA) is 51.6 Å². The van der Waals surface area contributed by atoms with Gasteiger partial charge >= 0.3 is 0 Å². The first-order valence-electron chi connectivity index (χ1n) is 7.24. The summed E-state index contributed by atoms with van der Waals surface area (Å²) in [7, 11) is 0. The van der Waals surface area contributed by atoms with E-state index >= 15 is 0 Å². The molecule has 0 radical (unpaired) electrons. The fourth-order valence-corrected chi connectivity index (χ4v) is 3.12. The van der Waals surface area contributed by atoms with Gasteiger partial charge in [0.1, 0.15) is 11.3 Å². The number of benzene rings is 1. The fraction of sp³-hybridized carbons (Fsp3) is 0.500. The summed E-state index contributed by atoms with van der Waals surface area (Å²) in [5.41, 5.74) is 7.99. The van der Waals surface area contributed by atoms with Gasteiger partial charge in [-0.05, 0) is 19.9 Å². The van der Waals surface area contributed by atoms with Gasteiger partial charge < -0.3 is 14.9 Å². The van der Waals surface area contributed by atoms with Crippen LogP contribution in [0.1, 0.15) is 25.2 Å². The van der Waals surface area contributed by atoms with Crippen molar-refractivity contribution in [3.05, 3.63) is 35.6 Å². The highest BCUT2D eigenvalue weighted by atomic mass is 16.5. The van der Waals surface area contributed by atoms with Gasteiger partial charge in [-0.25, -0.2) is 0 Å².